The summed E-state index contributed by atoms with van der Waals surface area (Å²) >= 11 is 0. The number of hydrogen-bond acceptors (Lipinski definition) is 5. The number of esters is 1. The van der Waals surface area contributed by atoms with Gasteiger partial charge in [-0.2, -0.15) is 0 Å². The number of nitrogens with zero attached hydrogens (tertiary/aromatic N) is 1. The Morgan fingerprint density at radius 2 is 1.54 bits per heavy atom. The van der Waals surface area contributed by atoms with Crippen molar-refractivity contribution in [3.05, 3.63) is 0 Å². The molecule has 0 bridgehead atoms. The summed E-state index contributed by atoms with van der Waals surface area (Å²) in [5.74, 6) is -0.325. The van der Waals surface area contributed by atoms with Crippen LogP contribution in [-0.4, -0.2) is 54.3 Å². The molecule has 0 aliphatic heterocycles. The number of ether oxygens (including phenoxy) is 2. The number of hydrogen-bond donors (Lipinski definition) is 1. The van der Waals surface area contributed by atoms with Crippen LogP contribution in [0.2, 0.25) is 0 Å². The molecular weight excluding hydrogens is 308 g/mol. The molecule has 0 heterocycles. The molecule has 144 valence electrons. The Hall–Kier alpha value is -1.30. The van der Waals surface area contributed by atoms with Crippen LogP contribution in [0, 0.1) is 0 Å². The van der Waals surface area contributed by atoms with Gasteiger partial charge in [-0.25, -0.2) is 4.79 Å². The first kappa shape index (κ1) is 24.9. The zero-order valence-corrected chi connectivity index (χ0v) is 17.1. The number of rotatable bonds is 7. The summed E-state index contributed by atoms with van der Waals surface area (Å²) in [6.45, 7) is 20.0. The van der Waals surface area contributed by atoms with Crippen molar-refractivity contribution in [1.29, 1.82) is 0 Å². The highest BCUT2D eigenvalue weighted by atomic mass is 16.6. The Balaban J connectivity index is 0. The van der Waals surface area contributed by atoms with Crippen molar-refractivity contribution in [3.8, 4) is 0 Å². The lowest BCUT2D eigenvalue weighted by Gasteiger charge is -2.28. The third kappa shape index (κ3) is 15.6. The largest absolute Gasteiger partial charge is 0.466 e. The highest BCUT2D eigenvalue weighted by molar-refractivity contribution is 5.71. The topological polar surface area (TPSA) is 67.9 Å². The van der Waals surface area contributed by atoms with Crippen molar-refractivity contribution < 1.29 is 19.1 Å². The smallest absolute Gasteiger partial charge is 0.407 e. The van der Waals surface area contributed by atoms with Crippen molar-refractivity contribution in [1.82, 2.24) is 10.2 Å². The van der Waals surface area contributed by atoms with Crippen LogP contribution in [0.25, 0.3) is 0 Å². The Morgan fingerprint density at radius 1 is 1.04 bits per heavy atom. The predicted octanol–water partition coefficient (Wildman–Crippen LogP) is 3.59. The van der Waals surface area contributed by atoms with E-state index >= 15 is 0 Å². The van der Waals surface area contributed by atoms with Crippen LogP contribution in [0.1, 0.15) is 68.7 Å². The average Bonchev–Trinajstić information content (AvgIpc) is 2.37. The molecule has 0 aliphatic rings. The van der Waals surface area contributed by atoms with Crippen molar-refractivity contribution in [2.45, 2.75) is 86.4 Å². The van der Waals surface area contributed by atoms with Gasteiger partial charge < -0.3 is 14.8 Å². The summed E-state index contributed by atoms with van der Waals surface area (Å²) < 4.78 is 9.67. The van der Waals surface area contributed by atoms with E-state index < -0.39 is 11.7 Å². The van der Waals surface area contributed by atoms with Gasteiger partial charge >= 0.3 is 12.1 Å². The zero-order valence-electron chi connectivity index (χ0n) is 17.1. The Morgan fingerprint density at radius 3 is 1.83 bits per heavy atom. The number of carbonyl (C=O) groups is 2. The van der Waals surface area contributed by atoms with Gasteiger partial charge in [0.25, 0.3) is 0 Å². The molecule has 0 atom stereocenters. The van der Waals surface area contributed by atoms with Crippen molar-refractivity contribution >= 4 is 12.1 Å². The molecule has 0 aromatic heterocycles. The molecule has 0 aliphatic carbocycles. The lowest BCUT2D eigenvalue weighted by molar-refractivity contribution is -0.142. The molecule has 0 saturated carbocycles. The van der Waals surface area contributed by atoms with E-state index in [1.807, 2.05) is 0 Å². The van der Waals surface area contributed by atoms with E-state index in [1.54, 1.807) is 27.7 Å². The van der Waals surface area contributed by atoms with Gasteiger partial charge in [-0.15, -0.1) is 0 Å². The summed E-state index contributed by atoms with van der Waals surface area (Å²) in [6, 6.07) is 1.38. The fourth-order valence-corrected chi connectivity index (χ4v) is 2.14. The van der Waals surface area contributed by atoms with Gasteiger partial charge in [-0.3, -0.25) is 9.69 Å². The highest BCUT2D eigenvalue weighted by Gasteiger charge is 2.15. The first-order valence-electron chi connectivity index (χ1n) is 8.82. The zero-order chi connectivity index (χ0) is 19.3. The second-order valence-electron chi connectivity index (χ2n) is 7.00. The van der Waals surface area contributed by atoms with E-state index in [0.717, 1.165) is 6.54 Å². The van der Waals surface area contributed by atoms with Crippen LogP contribution in [0.15, 0.2) is 0 Å². The number of carbonyl (C=O) groups excluding carboxylic acids is 2. The molecule has 0 spiro atoms. The number of amides is 1. The van der Waals surface area contributed by atoms with Crippen molar-refractivity contribution in [3.63, 3.8) is 0 Å². The molecule has 6 nitrogen and oxygen atoms in total. The maximum absolute atomic E-state index is 11.1. The van der Waals surface area contributed by atoms with Crippen molar-refractivity contribution in [2.75, 3.05) is 19.7 Å². The normalized spacial score (nSPS) is 11.2. The fraction of sp³-hybridized carbons (Fsp3) is 0.889. The van der Waals surface area contributed by atoms with Crippen LogP contribution in [0.3, 0.4) is 0 Å². The molecule has 1 amide bonds. The minimum atomic E-state index is -0.521. The Labute approximate surface area is 148 Å². The van der Waals surface area contributed by atoms with Crippen LogP contribution < -0.4 is 5.32 Å². The third-order valence-corrected chi connectivity index (χ3v) is 2.99. The van der Waals surface area contributed by atoms with E-state index in [-0.39, 0.29) is 18.9 Å². The molecular formula is C18H38N2O4. The molecule has 24 heavy (non-hydrogen) atoms. The maximum atomic E-state index is 11.1. The first-order chi connectivity index (χ1) is 10.9. The summed E-state index contributed by atoms with van der Waals surface area (Å²) in [5.41, 5.74) is -0.520. The Bertz CT molecular complexity index is 341. The third-order valence-electron chi connectivity index (χ3n) is 2.99. The quantitative estimate of drug-likeness (QED) is 0.714. The molecule has 0 aromatic rings. The van der Waals surface area contributed by atoms with E-state index in [9.17, 15) is 9.59 Å². The van der Waals surface area contributed by atoms with Crippen LogP contribution in [0.5, 0.6) is 0 Å². The summed E-state index contributed by atoms with van der Waals surface area (Å²) in [7, 11) is 0. The van der Waals surface area contributed by atoms with Gasteiger partial charge in [-0.1, -0.05) is 6.92 Å². The number of alkyl carbamates (subject to hydrolysis) is 1. The first-order valence-corrected chi connectivity index (χ1v) is 8.82. The van der Waals surface area contributed by atoms with Gasteiger partial charge in [0.15, 0.2) is 0 Å². The van der Waals surface area contributed by atoms with Crippen LogP contribution >= 0.6 is 0 Å². The van der Waals surface area contributed by atoms with E-state index in [4.69, 9.17) is 9.47 Å². The molecule has 0 rings (SSSR count). The van der Waals surface area contributed by atoms with Gasteiger partial charge in [0, 0.05) is 18.6 Å². The molecule has 0 radical (unpaired) electrons. The molecule has 0 fully saturated rings. The Kier molecular flexibility index (Phi) is 13.6. The standard InChI is InChI=1S/C10H19NO4.C8H19N/c1-5-14-8(12)6-7-11-9(13)15-10(2,3)4;1-6-9(7(2)3)8(4)5/h5-7H2,1-4H3,(H,11,13);7-8H,6H2,1-5H3. The SMILES string of the molecule is CCN(C(C)C)C(C)C.CCOC(=O)CCNC(=O)OC(C)(C)C. The lowest BCUT2D eigenvalue weighted by Crippen LogP contribution is -2.36. The second-order valence-corrected chi connectivity index (χ2v) is 7.00. The van der Waals surface area contributed by atoms with Gasteiger partial charge in [0.05, 0.1) is 13.0 Å². The maximum Gasteiger partial charge on any atom is 0.407 e. The van der Waals surface area contributed by atoms with Gasteiger partial charge in [-0.05, 0) is 61.9 Å². The average molecular weight is 347 g/mol. The van der Waals surface area contributed by atoms with Crippen LogP contribution in [-0.2, 0) is 14.3 Å². The summed E-state index contributed by atoms with van der Waals surface area (Å²) in [5, 5.41) is 2.47. The molecule has 0 unspecified atom stereocenters. The number of nitrogens with one attached hydrogen (secondary N) is 1. The summed E-state index contributed by atoms with van der Waals surface area (Å²) in [6.07, 6.45) is -0.362. The lowest BCUT2D eigenvalue weighted by atomic mass is 10.2. The van der Waals surface area contributed by atoms with E-state index in [2.05, 4.69) is 44.8 Å². The van der Waals surface area contributed by atoms with E-state index in [1.165, 1.54) is 0 Å². The summed E-state index contributed by atoms with van der Waals surface area (Å²) in [4.78, 5) is 24.5. The van der Waals surface area contributed by atoms with Crippen LogP contribution in [0.4, 0.5) is 4.79 Å². The van der Waals surface area contributed by atoms with Gasteiger partial charge in [0.1, 0.15) is 5.60 Å². The molecule has 6 heteroatoms. The minimum absolute atomic E-state index is 0.160. The minimum Gasteiger partial charge on any atom is -0.466 e. The molecule has 1 N–H and O–H groups in total. The monoisotopic (exact) mass is 346 g/mol. The second kappa shape index (κ2) is 13.0. The predicted molar refractivity (Wildman–Crippen MR) is 98.1 cm³/mol. The van der Waals surface area contributed by atoms with E-state index in [0.29, 0.717) is 18.7 Å². The highest BCUT2D eigenvalue weighted by Crippen LogP contribution is 2.06. The molecule has 0 aromatic carbocycles. The van der Waals surface area contributed by atoms with Crippen molar-refractivity contribution in [2.24, 2.45) is 0 Å². The van der Waals surface area contributed by atoms with Gasteiger partial charge in [0.2, 0.25) is 0 Å². The molecule has 0 saturated heterocycles. The fourth-order valence-electron chi connectivity index (χ4n) is 2.14.